The second kappa shape index (κ2) is 10.5. The Hall–Kier alpha value is -2.23. The molecule has 0 heterocycles. The predicted octanol–water partition coefficient (Wildman–Crippen LogP) is 3.99. The lowest BCUT2D eigenvalue weighted by Gasteiger charge is -2.04. The van der Waals surface area contributed by atoms with E-state index in [1.54, 1.807) is 60.7 Å². The van der Waals surface area contributed by atoms with E-state index in [4.69, 9.17) is 0 Å². The quantitative estimate of drug-likeness (QED) is 0.628. The van der Waals surface area contributed by atoms with E-state index in [-0.39, 0.29) is 12.4 Å². The van der Waals surface area contributed by atoms with Crippen LogP contribution in [0.1, 0.15) is 26.3 Å². The topological polar surface area (TPSA) is 37.4 Å². The molecule has 0 spiro atoms. The van der Waals surface area contributed by atoms with Gasteiger partial charge in [0, 0.05) is 11.1 Å². The van der Waals surface area contributed by atoms with Crippen LogP contribution >= 0.6 is 12.4 Å². The van der Waals surface area contributed by atoms with Gasteiger partial charge < -0.3 is 4.90 Å². The first-order valence-corrected chi connectivity index (χ1v) is 6.93. The Morgan fingerprint density at radius 2 is 1.35 bits per heavy atom. The minimum absolute atomic E-state index is 0. The van der Waals surface area contributed by atoms with E-state index in [0.717, 1.165) is 0 Å². The number of hydrogen-bond donors (Lipinski definition) is 0. The molecule has 2 rings (SSSR count). The van der Waals surface area contributed by atoms with Crippen LogP contribution in [-0.4, -0.2) is 37.6 Å². The summed E-state index contributed by atoms with van der Waals surface area (Å²) in [4.78, 5) is 26.2. The van der Waals surface area contributed by atoms with E-state index in [1.807, 2.05) is 26.0 Å². The smallest absolute Gasteiger partial charge is 0.234 e. The van der Waals surface area contributed by atoms with Crippen molar-refractivity contribution in [3.8, 4) is 0 Å². The molecule has 0 amide bonds. The van der Waals surface area contributed by atoms with Crippen molar-refractivity contribution < 1.29 is 9.59 Å². The van der Waals surface area contributed by atoms with E-state index in [1.165, 1.54) is 0 Å². The zero-order valence-corrected chi connectivity index (χ0v) is 14.5. The summed E-state index contributed by atoms with van der Waals surface area (Å²) in [6.07, 6.45) is 1.57. The van der Waals surface area contributed by atoms with Gasteiger partial charge in [0.15, 0.2) is 0 Å². The largest absolute Gasteiger partial charge is 0.312 e. The number of carbonyl (C=O) groups excluding carboxylic acids is 2. The molecule has 0 bridgehead atoms. The predicted molar refractivity (Wildman–Crippen MR) is 98.5 cm³/mol. The fourth-order valence-corrected chi connectivity index (χ4v) is 1.72. The zero-order chi connectivity index (χ0) is 16.5. The summed E-state index contributed by atoms with van der Waals surface area (Å²) < 4.78 is 0. The fraction of sp³-hybridized carbons (Fsp3) is 0.158. The number of rotatable bonds is 4. The Kier molecular flexibility index (Phi) is 9.47. The lowest BCUT2D eigenvalue weighted by molar-refractivity contribution is 0.0817. The average Bonchev–Trinajstić information content (AvgIpc) is 2.53. The van der Waals surface area contributed by atoms with Crippen LogP contribution in [0.2, 0.25) is 0 Å². The summed E-state index contributed by atoms with van der Waals surface area (Å²) in [6, 6.07) is 15.5. The van der Waals surface area contributed by atoms with E-state index < -0.39 is 11.6 Å². The summed E-state index contributed by atoms with van der Waals surface area (Å²) in [5.74, 6) is -0.999. The third-order valence-corrected chi connectivity index (χ3v) is 2.67. The second-order valence-electron chi connectivity index (χ2n) is 5.16. The van der Waals surface area contributed by atoms with Gasteiger partial charge in [-0.2, -0.15) is 0 Å². The Labute approximate surface area is 144 Å². The Balaban J connectivity index is 0.000000871. The molecule has 4 heteroatoms. The Bertz CT molecular complexity index is 649. The molecule has 2 aromatic carbocycles. The maximum Gasteiger partial charge on any atom is 0.234 e. The molecule has 2 aromatic rings. The van der Waals surface area contributed by atoms with Crippen LogP contribution < -0.4 is 0 Å². The van der Waals surface area contributed by atoms with Crippen LogP contribution in [0.4, 0.5) is 0 Å². The van der Waals surface area contributed by atoms with E-state index in [0.29, 0.717) is 16.7 Å². The fourth-order valence-electron chi connectivity index (χ4n) is 1.72. The van der Waals surface area contributed by atoms with E-state index in [2.05, 4.69) is 6.58 Å². The van der Waals surface area contributed by atoms with Crippen molar-refractivity contribution in [2.24, 2.45) is 0 Å². The molecule has 0 aliphatic heterocycles. The molecule has 0 fully saturated rings. The van der Waals surface area contributed by atoms with Gasteiger partial charge in [0.25, 0.3) is 0 Å². The van der Waals surface area contributed by atoms with Gasteiger partial charge in [0.05, 0.1) is 0 Å². The number of hydrogen-bond acceptors (Lipinski definition) is 3. The normalized spacial score (nSPS) is 9.22. The first-order valence-electron chi connectivity index (χ1n) is 6.93. The van der Waals surface area contributed by atoms with Gasteiger partial charge in [-0.25, -0.2) is 0 Å². The molecule has 0 radical (unpaired) electrons. The van der Waals surface area contributed by atoms with Crippen molar-refractivity contribution in [3.63, 3.8) is 0 Å². The number of benzene rings is 2. The molecule has 0 atom stereocenters. The lowest BCUT2D eigenvalue weighted by atomic mass is 9.97. The van der Waals surface area contributed by atoms with Crippen LogP contribution in [0.5, 0.6) is 0 Å². The molecule has 122 valence electrons. The van der Waals surface area contributed by atoms with Gasteiger partial charge in [-0.05, 0) is 26.7 Å². The average molecular weight is 332 g/mol. The molecule has 0 saturated carbocycles. The highest BCUT2D eigenvalue weighted by Gasteiger charge is 2.19. The van der Waals surface area contributed by atoms with Crippen molar-refractivity contribution >= 4 is 30.0 Å². The van der Waals surface area contributed by atoms with Crippen LogP contribution in [0.25, 0.3) is 6.08 Å². The number of ketones is 2. The van der Waals surface area contributed by atoms with Gasteiger partial charge in [-0.15, -0.1) is 12.4 Å². The highest BCUT2D eigenvalue weighted by atomic mass is 35.5. The minimum Gasteiger partial charge on any atom is -0.312 e. The first kappa shape index (κ1) is 20.8. The molecular formula is C19H22ClNO2. The van der Waals surface area contributed by atoms with Gasteiger partial charge in [-0.1, -0.05) is 67.3 Å². The lowest BCUT2D eigenvalue weighted by Crippen LogP contribution is -2.15. The van der Waals surface area contributed by atoms with Crippen molar-refractivity contribution in [2.45, 2.75) is 0 Å². The van der Waals surface area contributed by atoms with Crippen molar-refractivity contribution in [1.29, 1.82) is 0 Å². The molecule has 0 aromatic heterocycles. The maximum atomic E-state index is 12.1. The van der Waals surface area contributed by atoms with Gasteiger partial charge in [0.1, 0.15) is 0 Å². The standard InChI is InChI=1S/C16H12O2.C3H9N.ClH/c1-2-12-8-6-7-11-14(12)16(18)15(17)13-9-4-3-5-10-13;1-4(2)3;/h2-11H,1H2;1-3H3;1H. The molecule has 0 unspecified atom stereocenters. The minimum atomic E-state index is -0.503. The van der Waals surface area contributed by atoms with Gasteiger partial charge in [-0.3, -0.25) is 9.59 Å². The maximum absolute atomic E-state index is 12.1. The molecule has 3 nitrogen and oxygen atoms in total. The molecule has 0 aliphatic carbocycles. The SMILES string of the molecule is C=Cc1ccccc1C(=O)C(=O)c1ccccc1.CN(C)C.Cl. The third kappa shape index (κ3) is 6.59. The number of nitrogens with zero attached hydrogens (tertiary/aromatic N) is 1. The van der Waals surface area contributed by atoms with Crippen molar-refractivity contribution in [3.05, 3.63) is 77.9 Å². The molecule has 0 N–H and O–H groups in total. The Morgan fingerprint density at radius 1 is 0.870 bits per heavy atom. The van der Waals surface area contributed by atoms with Gasteiger partial charge >= 0.3 is 0 Å². The summed E-state index contributed by atoms with van der Waals surface area (Å²) in [5, 5.41) is 0. The summed E-state index contributed by atoms with van der Waals surface area (Å²) in [5.41, 5.74) is 1.47. The number of Topliss-reactive ketones (excluding diaryl/α,β-unsaturated/α-hetero) is 2. The summed E-state index contributed by atoms with van der Waals surface area (Å²) in [6.45, 7) is 3.64. The molecule has 0 saturated heterocycles. The monoisotopic (exact) mass is 331 g/mol. The zero-order valence-electron chi connectivity index (χ0n) is 13.7. The van der Waals surface area contributed by atoms with Crippen LogP contribution in [0.15, 0.2) is 61.2 Å². The highest BCUT2D eigenvalue weighted by Crippen LogP contribution is 2.13. The number of halogens is 1. The molecule has 0 aliphatic rings. The third-order valence-electron chi connectivity index (χ3n) is 2.67. The molecular weight excluding hydrogens is 310 g/mol. The molecule has 23 heavy (non-hydrogen) atoms. The van der Waals surface area contributed by atoms with E-state index >= 15 is 0 Å². The van der Waals surface area contributed by atoms with Crippen molar-refractivity contribution in [2.75, 3.05) is 21.1 Å². The summed E-state index contributed by atoms with van der Waals surface area (Å²) >= 11 is 0. The second-order valence-corrected chi connectivity index (χ2v) is 5.16. The van der Waals surface area contributed by atoms with E-state index in [9.17, 15) is 9.59 Å². The number of carbonyl (C=O) groups is 2. The van der Waals surface area contributed by atoms with Crippen molar-refractivity contribution in [1.82, 2.24) is 4.90 Å². The summed E-state index contributed by atoms with van der Waals surface area (Å²) in [7, 11) is 6.00. The van der Waals surface area contributed by atoms with Crippen LogP contribution in [-0.2, 0) is 0 Å². The first-order chi connectivity index (χ1) is 10.5. The van der Waals surface area contributed by atoms with Crippen LogP contribution in [0, 0.1) is 0 Å². The Morgan fingerprint density at radius 3 is 1.87 bits per heavy atom. The highest BCUT2D eigenvalue weighted by molar-refractivity contribution is 6.49. The van der Waals surface area contributed by atoms with Gasteiger partial charge in [0.2, 0.25) is 11.6 Å². The van der Waals surface area contributed by atoms with Crippen LogP contribution in [0.3, 0.4) is 0 Å².